The second-order valence-electron chi connectivity index (χ2n) is 5.21. The van der Waals surface area contributed by atoms with Crippen LogP contribution in [-0.2, 0) is 6.18 Å². The Morgan fingerprint density at radius 2 is 1.87 bits per heavy atom. The van der Waals surface area contributed by atoms with Gasteiger partial charge in [-0.05, 0) is 31.2 Å². The van der Waals surface area contributed by atoms with Crippen molar-refractivity contribution in [3.8, 4) is 0 Å². The summed E-state index contributed by atoms with van der Waals surface area (Å²) < 4.78 is 38.9. The molecular weight excluding hydrogens is 323 g/mol. The average molecular weight is 337 g/mol. The number of anilines is 1. The van der Waals surface area contributed by atoms with Crippen molar-refractivity contribution >= 4 is 27.4 Å². The molecule has 23 heavy (non-hydrogen) atoms. The van der Waals surface area contributed by atoms with Crippen molar-refractivity contribution in [2.45, 2.75) is 19.1 Å². The molecule has 1 aromatic carbocycles. The first-order chi connectivity index (χ1) is 10.9. The zero-order chi connectivity index (χ0) is 16.6. The molecule has 2 heterocycles. The van der Waals surface area contributed by atoms with Gasteiger partial charge in [0.1, 0.15) is 10.8 Å². The number of hydrogen-bond acceptors (Lipinski definition) is 4. The monoisotopic (exact) mass is 337 g/mol. The van der Waals surface area contributed by atoms with E-state index in [1.165, 1.54) is 6.07 Å². The molecule has 0 N–H and O–H groups in total. The number of rotatable bonds is 3. The van der Waals surface area contributed by atoms with Crippen LogP contribution >= 0.6 is 11.3 Å². The summed E-state index contributed by atoms with van der Waals surface area (Å²) in [5, 5.41) is 0.899. The second kappa shape index (κ2) is 5.81. The Balaban J connectivity index is 1.85. The fourth-order valence-electron chi connectivity index (χ4n) is 2.20. The number of pyridine rings is 1. The lowest BCUT2D eigenvalue weighted by atomic mass is 10.2. The molecule has 0 bridgehead atoms. The van der Waals surface area contributed by atoms with E-state index >= 15 is 0 Å². The highest BCUT2D eigenvalue weighted by molar-refractivity contribution is 7.18. The van der Waals surface area contributed by atoms with Crippen LogP contribution < -0.4 is 4.90 Å². The summed E-state index contributed by atoms with van der Waals surface area (Å²) in [7, 11) is 1.80. The molecule has 0 fully saturated rings. The topological polar surface area (TPSA) is 29.0 Å². The number of para-hydroxylation sites is 1. The van der Waals surface area contributed by atoms with Gasteiger partial charge < -0.3 is 4.90 Å². The van der Waals surface area contributed by atoms with Crippen molar-refractivity contribution in [1.29, 1.82) is 0 Å². The number of thiazole rings is 1. The maximum Gasteiger partial charge on any atom is 0.417 e. The zero-order valence-corrected chi connectivity index (χ0v) is 13.3. The molecule has 0 unspecified atom stereocenters. The van der Waals surface area contributed by atoms with E-state index < -0.39 is 11.7 Å². The summed E-state index contributed by atoms with van der Waals surface area (Å²) in [5.74, 6) is 0.477. The Hall–Kier alpha value is -2.15. The maximum absolute atomic E-state index is 12.6. The number of aromatic nitrogens is 2. The fourth-order valence-corrected chi connectivity index (χ4v) is 3.26. The second-order valence-corrected chi connectivity index (χ2v) is 6.27. The highest BCUT2D eigenvalue weighted by Gasteiger charge is 2.31. The lowest BCUT2D eigenvalue weighted by molar-refractivity contribution is -0.137. The first-order valence-electron chi connectivity index (χ1n) is 6.98. The number of benzene rings is 1. The molecule has 120 valence electrons. The molecule has 0 aliphatic heterocycles. The standard InChI is InChI=1S/C16H14F3N3S/c1-10(15-21-12-5-3-4-6-13(12)23-15)22(2)14-8-7-11(9-20-14)16(17,18)19/h3-10H,1-2H3/t10-/m1/s1. The first-order valence-corrected chi connectivity index (χ1v) is 7.79. The lowest BCUT2D eigenvalue weighted by Gasteiger charge is -2.24. The largest absolute Gasteiger partial charge is 0.417 e. The van der Waals surface area contributed by atoms with Crippen LogP contribution in [-0.4, -0.2) is 17.0 Å². The highest BCUT2D eigenvalue weighted by atomic mass is 32.1. The van der Waals surface area contributed by atoms with Crippen LogP contribution in [0.3, 0.4) is 0 Å². The number of nitrogens with zero attached hydrogens (tertiary/aromatic N) is 3. The van der Waals surface area contributed by atoms with Gasteiger partial charge in [-0.25, -0.2) is 9.97 Å². The maximum atomic E-state index is 12.6. The van der Waals surface area contributed by atoms with E-state index in [1.54, 1.807) is 18.4 Å². The predicted octanol–water partition coefficient (Wildman–Crippen LogP) is 4.91. The molecule has 3 aromatic rings. The minimum atomic E-state index is -4.37. The SMILES string of the molecule is C[C@H](c1nc2ccccc2s1)N(C)c1ccc(C(F)(F)F)cn1. The molecule has 3 rings (SSSR count). The van der Waals surface area contributed by atoms with Crippen LogP contribution in [0.25, 0.3) is 10.2 Å². The van der Waals surface area contributed by atoms with Crippen molar-refractivity contribution < 1.29 is 13.2 Å². The minimum absolute atomic E-state index is 0.0864. The molecule has 0 saturated carbocycles. The van der Waals surface area contributed by atoms with E-state index in [0.29, 0.717) is 5.82 Å². The van der Waals surface area contributed by atoms with Gasteiger partial charge in [0.05, 0.1) is 21.8 Å². The summed E-state index contributed by atoms with van der Waals surface area (Å²) in [6.07, 6.45) is -3.51. The van der Waals surface area contributed by atoms with Crippen molar-refractivity contribution in [3.63, 3.8) is 0 Å². The molecule has 0 aliphatic rings. The van der Waals surface area contributed by atoms with E-state index in [0.717, 1.165) is 27.5 Å². The lowest BCUT2D eigenvalue weighted by Crippen LogP contribution is -2.22. The molecule has 7 heteroatoms. The summed E-state index contributed by atoms with van der Waals surface area (Å²) in [5.41, 5.74) is 0.176. The number of alkyl halides is 3. The minimum Gasteiger partial charge on any atom is -0.350 e. The molecule has 0 saturated heterocycles. The van der Waals surface area contributed by atoms with Gasteiger partial charge in [-0.1, -0.05) is 12.1 Å². The number of fused-ring (bicyclic) bond motifs is 1. The van der Waals surface area contributed by atoms with Gasteiger partial charge in [0.2, 0.25) is 0 Å². The Morgan fingerprint density at radius 3 is 2.48 bits per heavy atom. The van der Waals surface area contributed by atoms with Crippen LogP contribution in [0.5, 0.6) is 0 Å². The van der Waals surface area contributed by atoms with Gasteiger partial charge in [-0.15, -0.1) is 11.3 Å². The van der Waals surface area contributed by atoms with E-state index in [9.17, 15) is 13.2 Å². The molecule has 0 spiro atoms. The van der Waals surface area contributed by atoms with Crippen LogP contribution in [0, 0.1) is 0 Å². The normalized spacial score (nSPS) is 13.3. The number of hydrogen-bond donors (Lipinski definition) is 0. The molecular formula is C16H14F3N3S. The number of halogens is 3. The van der Waals surface area contributed by atoms with Crippen LogP contribution in [0.15, 0.2) is 42.6 Å². The summed E-state index contributed by atoms with van der Waals surface area (Å²) in [6, 6.07) is 10.2. The fraction of sp³-hybridized carbons (Fsp3) is 0.250. The van der Waals surface area contributed by atoms with Crippen LogP contribution in [0.2, 0.25) is 0 Å². The smallest absolute Gasteiger partial charge is 0.350 e. The van der Waals surface area contributed by atoms with Gasteiger partial charge in [0.25, 0.3) is 0 Å². The van der Waals surface area contributed by atoms with Crippen molar-refractivity contribution in [2.24, 2.45) is 0 Å². The molecule has 0 aliphatic carbocycles. The van der Waals surface area contributed by atoms with Crippen molar-refractivity contribution in [1.82, 2.24) is 9.97 Å². The van der Waals surface area contributed by atoms with Gasteiger partial charge in [0.15, 0.2) is 0 Å². The third-order valence-electron chi connectivity index (χ3n) is 3.69. The highest BCUT2D eigenvalue weighted by Crippen LogP contribution is 2.32. The summed E-state index contributed by atoms with van der Waals surface area (Å²) in [4.78, 5) is 10.3. The Kier molecular flexibility index (Phi) is 3.97. The van der Waals surface area contributed by atoms with Gasteiger partial charge in [-0.3, -0.25) is 0 Å². The van der Waals surface area contributed by atoms with E-state index in [2.05, 4.69) is 9.97 Å². The quantitative estimate of drug-likeness (QED) is 0.680. The summed E-state index contributed by atoms with van der Waals surface area (Å²) in [6.45, 7) is 1.96. The van der Waals surface area contributed by atoms with E-state index in [1.807, 2.05) is 36.1 Å². The van der Waals surface area contributed by atoms with E-state index in [-0.39, 0.29) is 6.04 Å². The Labute approximate surface area is 135 Å². The first kappa shape index (κ1) is 15.7. The third-order valence-corrected chi connectivity index (χ3v) is 4.89. The van der Waals surface area contributed by atoms with Crippen molar-refractivity contribution in [3.05, 3.63) is 53.2 Å². The van der Waals surface area contributed by atoms with Crippen LogP contribution in [0.1, 0.15) is 23.5 Å². The van der Waals surface area contributed by atoms with Gasteiger partial charge >= 0.3 is 6.18 Å². The molecule has 1 atom stereocenters. The predicted molar refractivity (Wildman–Crippen MR) is 85.7 cm³/mol. The average Bonchev–Trinajstić information content (AvgIpc) is 2.96. The van der Waals surface area contributed by atoms with Crippen LogP contribution in [0.4, 0.5) is 19.0 Å². The van der Waals surface area contributed by atoms with Gasteiger partial charge in [-0.2, -0.15) is 13.2 Å². The molecule has 0 amide bonds. The zero-order valence-electron chi connectivity index (χ0n) is 12.5. The Bertz CT molecular complexity index is 778. The molecule has 0 radical (unpaired) electrons. The molecule has 2 aromatic heterocycles. The van der Waals surface area contributed by atoms with E-state index in [4.69, 9.17) is 0 Å². The van der Waals surface area contributed by atoms with Crippen molar-refractivity contribution in [2.75, 3.05) is 11.9 Å². The molecule has 3 nitrogen and oxygen atoms in total. The van der Waals surface area contributed by atoms with Gasteiger partial charge in [0, 0.05) is 13.2 Å². The Morgan fingerprint density at radius 1 is 1.13 bits per heavy atom. The third kappa shape index (κ3) is 3.14. The summed E-state index contributed by atoms with van der Waals surface area (Å²) >= 11 is 1.58.